The molecule has 248 valence electrons. The van der Waals surface area contributed by atoms with Crippen LogP contribution in [-0.2, 0) is 0 Å². The van der Waals surface area contributed by atoms with Gasteiger partial charge in [-0.25, -0.2) is 0 Å². The molecule has 0 unspecified atom stereocenters. The van der Waals surface area contributed by atoms with Crippen LogP contribution in [0.15, 0.2) is 97.1 Å². The van der Waals surface area contributed by atoms with Crippen LogP contribution in [0.1, 0.15) is 75.3 Å². The maximum atomic E-state index is 8.61. The van der Waals surface area contributed by atoms with Gasteiger partial charge in [0.05, 0.1) is 0 Å². The molecule has 7 nitrogen and oxygen atoms in total. The Labute approximate surface area is 287 Å². The Balaban J connectivity index is 0.904. The van der Waals surface area contributed by atoms with Gasteiger partial charge < -0.3 is 25.3 Å². The highest BCUT2D eigenvalue weighted by Crippen LogP contribution is 2.31. The van der Waals surface area contributed by atoms with E-state index in [-0.39, 0.29) is 0 Å². The van der Waals surface area contributed by atoms with E-state index >= 15 is 0 Å². The predicted molar refractivity (Wildman–Crippen MR) is 201 cm³/mol. The zero-order valence-electron chi connectivity index (χ0n) is 27.9. The minimum atomic E-state index is 0.416. The molecule has 49 heavy (non-hydrogen) atoms. The van der Waals surface area contributed by atoms with Crippen molar-refractivity contribution in [1.29, 1.82) is 10.8 Å². The van der Waals surface area contributed by atoms with Gasteiger partial charge in [0.25, 0.3) is 0 Å². The molecule has 6 N–H and O–H groups in total. The number of benzene rings is 4. The lowest BCUT2D eigenvalue weighted by Crippen LogP contribution is -2.36. The van der Waals surface area contributed by atoms with Crippen molar-refractivity contribution in [2.45, 2.75) is 76.3 Å². The van der Waals surface area contributed by atoms with E-state index in [1.807, 2.05) is 36.4 Å². The summed E-state index contributed by atoms with van der Waals surface area (Å²) in [5.74, 6) is 2.57. The lowest BCUT2D eigenvalue weighted by Gasteiger charge is -2.24. The fourth-order valence-electron chi connectivity index (χ4n) is 7.49. The van der Waals surface area contributed by atoms with E-state index in [1.165, 1.54) is 38.5 Å². The van der Waals surface area contributed by atoms with Gasteiger partial charge in [0.1, 0.15) is 23.2 Å². The smallest absolute Gasteiger partial charge is 0.127 e. The van der Waals surface area contributed by atoms with E-state index in [0.29, 0.717) is 23.8 Å². The van der Waals surface area contributed by atoms with Crippen LogP contribution in [0.5, 0.6) is 11.5 Å². The zero-order chi connectivity index (χ0) is 33.2. The molecule has 0 saturated heterocycles. The molecule has 0 spiro atoms. The van der Waals surface area contributed by atoms with Crippen LogP contribution >= 0.6 is 0 Å². The number of nitrogens with one attached hydrogen (secondary N) is 6. The van der Waals surface area contributed by atoms with Crippen LogP contribution in [-0.4, -0.2) is 33.7 Å². The second-order valence-corrected chi connectivity index (χ2v) is 13.8. The molecule has 6 aromatic rings. The minimum Gasteiger partial charge on any atom is -0.457 e. The molecule has 2 heterocycles. The number of amidine groups is 2. The van der Waals surface area contributed by atoms with E-state index < -0.39 is 0 Å². The standard InChI is InChI=1S/C42H44N6O/c43-41(45-33-7-3-1-4-8-33)31-13-11-29-23-37(47-39(29)25-31)27-15-19-35(20-16-27)49-36-21-17-28(18-22-36)38-24-30-12-14-32(26-40(30)48-38)42(44)46-34-9-5-2-6-10-34/h11-26,33-34,47-48H,1-10H2,(H2,43,45)(H2,44,46). The molecular weight excluding hydrogens is 605 g/mol. The van der Waals surface area contributed by atoms with Gasteiger partial charge in [0.15, 0.2) is 0 Å². The molecule has 7 heteroatoms. The summed E-state index contributed by atoms with van der Waals surface area (Å²) >= 11 is 0. The van der Waals surface area contributed by atoms with Gasteiger partial charge in [0.2, 0.25) is 0 Å². The third kappa shape index (κ3) is 6.98. The lowest BCUT2D eigenvalue weighted by atomic mass is 9.95. The predicted octanol–water partition coefficient (Wildman–Crippen LogP) is 10.3. The molecule has 2 aromatic heterocycles. The molecule has 2 aliphatic carbocycles. The highest BCUT2D eigenvalue weighted by Gasteiger charge is 2.17. The van der Waals surface area contributed by atoms with Gasteiger partial charge in [-0.15, -0.1) is 0 Å². The van der Waals surface area contributed by atoms with Gasteiger partial charge in [0, 0.05) is 56.4 Å². The van der Waals surface area contributed by atoms with E-state index in [9.17, 15) is 0 Å². The summed E-state index contributed by atoms with van der Waals surface area (Å²) in [4.78, 5) is 7.11. The van der Waals surface area contributed by atoms with Crippen LogP contribution in [0.3, 0.4) is 0 Å². The van der Waals surface area contributed by atoms with Crippen LogP contribution < -0.4 is 15.4 Å². The summed E-state index contributed by atoms with van der Waals surface area (Å²) in [5.41, 5.74) is 8.14. The Hall–Kier alpha value is -5.30. The highest BCUT2D eigenvalue weighted by atomic mass is 16.5. The summed E-state index contributed by atoms with van der Waals surface area (Å²) in [6, 6.07) is 33.9. The molecular formula is C42H44N6O. The summed E-state index contributed by atoms with van der Waals surface area (Å²) in [6.45, 7) is 0. The van der Waals surface area contributed by atoms with E-state index in [1.54, 1.807) is 0 Å². The quantitative estimate of drug-likeness (QED) is 0.0729. The molecule has 0 radical (unpaired) electrons. The Bertz CT molecular complexity index is 1940. The van der Waals surface area contributed by atoms with Crippen LogP contribution in [0.25, 0.3) is 44.3 Å². The Morgan fingerprint density at radius 2 is 0.918 bits per heavy atom. The van der Waals surface area contributed by atoms with Gasteiger partial charge in [-0.1, -0.05) is 62.8 Å². The normalized spacial score (nSPS) is 15.8. The number of hydrogen-bond donors (Lipinski definition) is 6. The van der Waals surface area contributed by atoms with Gasteiger partial charge in [-0.3, -0.25) is 10.8 Å². The number of fused-ring (bicyclic) bond motifs is 2. The Morgan fingerprint density at radius 1 is 0.510 bits per heavy atom. The van der Waals surface area contributed by atoms with E-state index in [0.717, 1.165) is 92.6 Å². The summed E-state index contributed by atoms with van der Waals surface area (Å²) in [6.07, 6.45) is 12.2. The van der Waals surface area contributed by atoms with Crippen molar-refractivity contribution in [2.75, 3.05) is 0 Å². The average molecular weight is 649 g/mol. The van der Waals surface area contributed by atoms with Crippen molar-refractivity contribution in [3.8, 4) is 34.0 Å². The van der Waals surface area contributed by atoms with Crippen LogP contribution in [0.4, 0.5) is 0 Å². The molecule has 0 atom stereocenters. The number of aromatic amines is 2. The molecule has 0 aliphatic heterocycles. The number of H-pyrrole nitrogens is 2. The second kappa shape index (κ2) is 13.7. The average Bonchev–Trinajstić information content (AvgIpc) is 3.77. The molecule has 4 aromatic carbocycles. The molecule has 2 aliphatic rings. The van der Waals surface area contributed by atoms with Crippen molar-refractivity contribution in [3.63, 3.8) is 0 Å². The van der Waals surface area contributed by atoms with Crippen LogP contribution in [0, 0.1) is 10.8 Å². The number of ether oxygens (including phenoxy) is 1. The van der Waals surface area contributed by atoms with Gasteiger partial charge in [-0.05, 0) is 110 Å². The topological polar surface area (TPSA) is 113 Å². The van der Waals surface area contributed by atoms with Crippen molar-refractivity contribution >= 4 is 33.5 Å². The fourth-order valence-corrected chi connectivity index (χ4v) is 7.49. The first-order chi connectivity index (χ1) is 24.0. The van der Waals surface area contributed by atoms with Crippen molar-refractivity contribution in [3.05, 3.63) is 108 Å². The largest absolute Gasteiger partial charge is 0.457 e. The van der Waals surface area contributed by atoms with Gasteiger partial charge >= 0.3 is 0 Å². The third-order valence-electron chi connectivity index (χ3n) is 10.3. The Morgan fingerprint density at radius 3 is 1.33 bits per heavy atom. The van der Waals surface area contributed by atoms with Crippen molar-refractivity contribution < 1.29 is 4.74 Å². The SMILES string of the molecule is N=C(NC1CCCCC1)c1ccc2cc(-c3ccc(Oc4ccc(-c5cc6ccc(C(=N)NC7CCCCC7)cc6[nH]5)cc4)cc3)[nH]c2c1. The Kier molecular flexibility index (Phi) is 8.65. The summed E-state index contributed by atoms with van der Waals surface area (Å²) in [7, 11) is 0. The van der Waals surface area contributed by atoms with E-state index in [4.69, 9.17) is 15.6 Å². The highest BCUT2D eigenvalue weighted by molar-refractivity contribution is 6.01. The minimum absolute atomic E-state index is 0.416. The first kappa shape index (κ1) is 31.0. The fraction of sp³-hybridized carbons (Fsp3) is 0.286. The molecule has 2 saturated carbocycles. The maximum Gasteiger partial charge on any atom is 0.127 e. The van der Waals surface area contributed by atoms with Crippen molar-refractivity contribution in [2.24, 2.45) is 0 Å². The molecule has 0 amide bonds. The molecule has 2 fully saturated rings. The third-order valence-corrected chi connectivity index (χ3v) is 10.3. The van der Waals surface area contributed by atoms with Crippen molar-refractivity contribution in [1.82, 2.24) is 20.6 Å². The van der Waals surface area contributed by atoms with Gasteiger partial charge in [-0.2, -0.15) is 0 Å². The van der Waals surface area contributed by atoms with E-state index in [2.05, 4.69) is 81.3 Å². The molecule has 8 rings (SSSR count). The number of aromatic nitrogens is 2. The zero-order valence-corrected chi connectivity index (χ0v) is 27.9. The second-order valence-electron chi connectivity index (χ2n) is 13.8. The van der Waals surface area contributed by atoms with Crippen LogP contribution in [0.2, 0.25) is 0 Å². The first-order valence-corrected chi connectivity index (χ1v) is 17.9. The maximum absolute atomic E-state index is 8.61. The summed E-state index contributed by atoms with van der Waals surface area (Å²) < 4.78 is 6.21. The summed E-state index contributed by atoms with van der Waals surface area (Å²) in [5, 5.41) is 26.4. The molecule has 0 bridgehead atoms. The number of hydrogen-bond acceptors (Lipinski definition) is 3. The lowest BCUT2D eigenvalue weighted by molar-refractivity contribution is 0.413. The first-order valence-electron chi connectivity index (χ1n) is 17.9. The number of rotatable bonds is 8. The monoisotopic (exact) mass is 648 g/mol.